The van der Waals surface area contributed by atoms with E-state index in [1.54, 1.807) is 24.1 Å². The van der Waals surface area contributed by atoms with Crippen molar-refractivity contribution in [2.75, 3.05) is 57.6 Å². The molecule has 3 N–H and O–H groups in total. The fraction of sp³-hybridized carbons (Fsp3) is 0.357. The maximum atomic E-state index is 13.0. The maximum absolute atomic E-state index is 13.0. The molecule has 216 valence electrons. The number of aromatic nitrogens is 4. The first-order valence-corrected chi connectivity index (χ1v) is 13.3. The Morgan fingerprint density at radius 1 is 1.15 bits per heavy atom. The van der Waals surface area contributed by atoms with Crippen LogP contribution in [0.1, 0.15) is 24.0 Å². The normalized spacial score (nSPS) is 15.0. The fourth-order valence-corrected chi connectivity index (χ4v) is 4.54. The third-order valence-corrected chi connectivity index (χ3v) is 6.71. The van der Waals surface area contributed by atoms with Crippen LogP contribution in [0, 0.1) is 0 Å². The summed E-state index contributed by atoms with van der Waals surface area (Å²) in [5.74, 6) is 1.63. The van der Waals surface area contributed by atoms with E-state index in [0.717, 1.165) is 29.6 Å². The number of nitrogens with zero attached hydrogens (tertiary/aromatic N) is 5. The zero-order valence-electron chi connectivity index (χ0n) is 22.9. The van der Waals surface area contributed by atoms with E-state index < -0.39 is 6.43 Å². The predicted molar refractivity (Wildman–Crippen MR) is 151 cm³/mol. The third-order valence-electron chi connectivity index (χ3n) is 6.71. The van der Waals surface area contributed by atoms with Crippen molar-refractivity contribution < 1.29 is 23.0 Å². The van der Waals surface area contributed by atoms with Gasteiger partial charge in [-0.15, -0.1) is 0 Å². The number of rotatable bonds is 6. The van der Waals surface area contributed by atoms with Crippen molar-refractivity contribution in [3.63, 3.8) is 0 Å². The number of amides is 1. The number of alkyl halides is 2. The Morgan fingerprint density at radius 2 is 2.02 bits per heavy atom. The van der Waals surface area contributed by atoms with Gasteiger partial charge >= 0.3 is 0 Å². The van der Waals surface area contributed by atoms with Gasteiger partial charge in [0.05, 0.1) is 11.9 Å². The molecule has 13 heteroatoms. The number of carbonyl (C=O) groups excluding carboxylic acids is 1. The van der Waals surface area contributed by atoms with Gasteiger partial charge in [-0.25, -0.2) is 23.7 Å². The van der Waals surface area contributed by atoms with Gasteiger partial charge in [-0.3, -0.25) is 4.79 Å². The number of carbonyl (C=O) groups is 1. The number of hydrogen-bond donors (Lipinski definition) is 3. The van der Waals surface area contributed by atoms with E-state index in [2.05, 4.69) is 35.5 Å². The van der Waals surface area contributed by atoms with E-state index in [-0.39, 0.29) is 24.7 Å². The lowest BCUT2D eigenvalue weighted by Gasteiger charge is -2.22. The van der Waals surface area contributed by atoms with Crippen molar-refractivity contribution in [1.29, 1.82) is 0 Å². The first-order valence-electron chi connectivity index (χ1n) is 13.3. The summed E-state index contributed by atoms with van der Waals surface area (Å²) in [6.45, 7) is 2.43. The number of halogens is 2. The van der Waals surface area contributed by atoms with Gasteiger partial charge in [0.25, 0.3) is 12.3 Å². The van der Waals surface area contributed by atoms with Crippen molar-refractivity contribution in [3.05, 3.63) is 60.2 Å². The van der Waals surface area contributed by atoms with Gasteiger partial charge in [-0.2, -0.15) is 0 Å². The van der Waals surface area contributed by atoms with Crippen LogP contribution < -0.4 is 20.1 Å². The Labute approximate surface area is 235 Å². The minimum absolute atomic E-state index is 0.109. The lowest BCUT2D eigenvalue weighted by Crippen LogP contribution is -2.33. The molecule has 1 aliphatic heterocycles. The summed E-state index contributed by atoms with van der Waals surface area (Å²) in [5, 5.41) is 7.24. The number of benzene rings is 1. The molecule has 0 atom stereocenters. The molecule has 3 aromatic heterocycles. The summed E-state index contributed by atoms with van der Waals surface area (Å²) < 4.78 is 37.8. The highest BCUT2D eigenvalue weighted by Crippen LogP contribution is 2.34. The minimum Gasteiger partial charge on any atom is -0.488 e. The number of hydrogen-bond acceptors (Lipinski definition) is 9. The highest BCUT2D eigenvalue weighted by Gasteiger charge is 2.17. The Morgan fingerprint density at radius 3 is 2.88 bits per heavy atom. The smallest absolute Gasteiger partial charge is 0.264 e. The summed E-state index contributed by atoms with van der Waals surface area (Å²) in [7, 11) is 3.80. The minimum atomic E-state index is -2.57. The average Bonchev–Trinajstić information content (AvgIpc) is 3.37. The molecule has 4 aromatic rings. The zero-order valence-corrected chi connectivity index (χ0v) is 22.9. The molecule has 5 rings (SSSR count). The SMILES string of the molecule is CN1CCCN(C)C(=O)COc2cc(ccc2OCCNc2cc(C(F)F)ccn2)Nc2ncnc3[nH]cc(c23)C1. The summed E-state index contributed by atoms with van der Waals surface area (Å²) >= 11 is 0. The molecule has 1 amide bonds. The van der Waals surface area contributed by atoms with Crippen LogP contribution in [0.15, 0.2) is 49.1 Å². The molecule has 0 radical (unpaired) electrons. The molecular formula is C28H32F2N8O3. The van der Waals surface area contributed by atoms with Crippen LogP contribution in [0.2, 0.25) is 0 Å². The van der Waals surface area contributed by atoms with Crippen molar-refractivity contribution in [2.45, 2.75) is 19.4 Å². The standard InChI is InChI=1S/C28H32F2N8O3/c1-37-9-3-10-38(2)24(39)16-41-22-13-20(36-28-25-19(15-37)14-33-27(25)34-17-35-28)4-5-21(22)40-11-8-32-23-12-18(26(29)30)6-7-31-23/h4-7,12-14,17,26H,3,8-11,15-16H2,1-2H3,(H,31,32)(H2,33,34,35,36). The maximum Gasteiger partial charge on any atom is 0.264 e. The molecule has 41 heavy (non-hydrogen) atoms. The summed E-state index contributed by atoms with van der Waals surface area (Å²) in [6, 6.07) is 7.90. The molecule has 0 spiro atoms. The van der Waals surface area contributed by atoms with E-state index in [4.69, 9.17) is 9.47 Å². The number of likely N-dealkylation sites (N-methyl/N-ethyl adjacent to an activating group) is 1. The number of ether oxygens (including phenoxy) is 2. The molecule has 1 aliphatic rings. The van der Waals surface area contributed by atoms with E-state index in [0.29, 0.717) is 48.5 Å². The zero-order chi connectivity index (χ0) is 28.8. The van der Waals surface area contributed by atoms with Crippen LogP contribution in [0.5, 0.6) is 11.5 Å². The van der Waals surface area contributed by atoms with Crippen molar-refractivity contribution in [3.8, 4) is 11.5 Å². The van der Waals surface area contributed by atoms with Crippen LogP contribution >= 0.6 is 0 Å². The number of pyridine rings is 1. The highest BCUT2D eigenvalue weighted by molar-refractivity contribution is 5.92. The molecule has 0 saturated heterocycles. The molecule has 0 fully saturated rings. The van der Waals surface area contributed by atoms with Crippen LogP contribution in [0.3, 0.4) is 0 Å². The van der Waals surface area contributed by atoms with E-state index >= 15 is 0 Å². The quantitative estimate of drug-likeness (QED) is 0.295. The summed E-state index contributed by atoms with van der Waals surface area (Å²) in [5.41, 5.74) is 2.36. The molecule has 0 saturated carbocycles. The molecule has 1 aromatic carbocycles. The Bertz CT molecular complexity index is 1500. The first-order chi connectivity index (χ1) is 19.9. The van der Waals surface area contributed by atoms with Gasteiger partial charge in [0.15, 0.2) is 18.1 Å². The molecule has 0 unspecified atom stereocenters. The predicted octanol–water partition coefficient (Wildman–Crippen LogP) is 4.20. The van der Waals surface area contributed by atoms with Crippen LogP contribution in [0.4, 0.5) is 26.1 Å². The van der Waals surface area contributed by atoms with Gasteiger partial charge in [-0.05, 0) is 49.8 Å². The fourth-order valence-electron chi connectivity index (χ4n) is 4.54. The van der Waals surface area contributed by atoms with Gasteiger partial charge in [0, 0.05) is 49.8 Å². The summed E-state index contributed by atoms with van der Waals surface area (Å²) in [4.78, 5) is 32.8. The molecule has 4 heterocycles. The first kappa shape index (κ1) is 28.0. The molecule has 0 aliphatic carbocycles. The number of H-pyrrole nitrogens is 1. The lowest BCUT2D eigenvalue weighted by atomic mass is 10.2. The van der Waals surface area contributed by atoms with E-state index in [9.17, 15) is 13.6 Å². The Kier molecular flexibility index (Phi) is 8.73. The molecular weight excluding hydrogens is 534 g/mol. The Hall–Kier alpha value is -4.52. The molecule has 2 bridgehead atoms. The van der Waals surface area contributed by atoms with Crippen molar-refractivity contribution in [2.24, 2.45) is 0 Å². The average molecular weight is 567 g/mol. The van der Waals surface area contributed by atoms with Gasteiger partial charge in [-0.1, -0.05) is 0 Å². The monoisotopic (exact) mass is 566 g/mol. The van der Waals surface area contributed by atoms with Crippen LogP contribution in [-0.2, 0) is 11.3 Å². The second-order valence-corrected chi connectivity index (χ2v) is 9.79. The number of aromatic amines is 1. The number of fused-ring (bicyclic) bond motifs is 2. The number of anilines is 3. The highest BCUT2D eigenvalue weighted by atomic mass is 19.3. The second-order valence-electron chi connectivity index (χ2n) is 9.79. The van der Waals surface area contributed by atoms with Gasteiger partial charge in [0.1, 0.15) is 30.2 Å². The van der Waals surface area contributed by atoms with Gasteiger partial charge < -0.3 is 34.9 Å². The third kappa shape index (κ3) is 6.98. The summed E-state index contributed by atoms with van der Waals surface area (Å²) in [6.07, 6.45) is 3.00. The van der Waals surface area contributed by atoms with E-state index in [1.165, 1.54) is 24.7 Å². The van der Waals surface area contributed by atoms with Crippen molar-refractivity contribution in [1.82, 2.24) is 29.7 Å². The van der Waals surface area contributed by atoms with Crippen LogP contribution in [0.25, 0.3) is 11.0 Å². The lowest BCUT2D eigenvalue weighted by molar-refractivity contribution is -0.132. The largest absolute Gasteiger partial charge is 0.488 e. The number of nitrogens with one attached hydrogen (secondary N) is 3. The molecule has 11 nitrogen and oxygen atoms in total. The van der Waals surface area contributed by atoms with Crippen molar-refractivity contribution >= 4 is 34.3 Å². The second kappa shape index (κ2) is 12.8. The van der Waals surface area contributed by atoms with E-state index in [1.807, 2.05) is 19.3 Å². The topological polar surface area (TPSA) is 121 Å². The van der Waals surface area contributed by atoms with Crippen LogP contribution in [-0.4, -0.2) is 82.6 Å². The van der Waals surface area contributed by atoms with Gasteiger partial charge in [0.2, 0.25) is 0 Å². The Balaban J connectivity index is 1.36.